The van der Waals surface area contributed by atoms with E-state index in [1.807, 2.05) is 17.9 Å². The lowest BCUT2D eigenvalue weighted by Crippen LogP contribution is -2.39. The molecule has 2 heterocycles. The highest BCUT2D eigenvalue weighted by molar-refractivity contribution is 8.02. The van der Waals surface area contributed by atoms with E-state index in [-0.39, 0.29) is 11.8 Å². The highest BCUT2D eigenvalue weighted by Crippen LogP contribution is 2.43. The fraction of sp³-hybridized carbons (Fsp3) is 0.625. The number of hydrogen-bond donors (Lipinski definition) is 1. The Morgan fingerprint density at radius 1 is 1.41 bits per heavy atom. The van der Waals surface area contributed by atoms with Crippen molar-refractivity contribution >= 4 is 40.6 Å². The Morgan fingerprint density at radius 2 is 2.18 bits per heavy atom. The summed E-state index contributed by atoms with van der Waals surface area (Å²) in [7, 11) is 0. The maximum atomic E-state index is 12.4. The van der Waals surface area contributed by atoms with Gasteiger partial charge in [-0.15, -0.1) is 23.1 Å². The molecule has 4 nitrogen and oxygen atoms in total. The van der Waals surface area contributed by atoms with Gasteiger partial charge in [-0.1, -0.05) is 19.3 Å². The number of carbonyl (C=O) groups is 1. The third-order valence-corrected chi connectivity index (χ3v) is 6.66. The van der Waals surface area contributed by atoms with E-state index in [0.717, 1.165) is 21.3 Å². The number of nitrogens with zero attached hydrogens (tertiary/aromatic N) is 1. The Hall–Kier alpha value is -1.01. The summed E-state index contributed by atoms with van der Waals surface area (Å²) >= 11 is 3.16. The lowest BCUT2D eigenvalue weighted by molar-refractivity contribution is -0.116. The molecular weight excluding hydrogens is 316 g/mol. The molecule has 1 N–H and O–H groups in total. The van der Waals surface area contributed by atoms with E-state index in [9.17, 15) is 4.79 Å². The van der Waals surface area contributed by atoms with Crippen molar-refractivity contribution in [3.63, 3.8) is 0 Å². The zero-order valence-electron chi connectivity index (χ0n) is 12.9. The van der Waals surface area contributed by atoms with Crippen LogP contribution in [0.15, 0.2) is 10.3 Å². The minimum atomic E-state index is 0.204. The van der Waals surface area contributed by atoms with Crippen LogP contribution >= 0.6 is 23.1 Å². The average molecular weight is 338 g/mol. The van der Waals surface area contributed by atoms with Crippen LogP contribution in [-0.2, 0) is 9.53 Å². The van der Waals surface area contributed by atoms with Gasteiger partial charge in [0.05, 0.1) is 27.1 Å². The normalized spacial score (nSPS) is 19.1. The van der Waals surface area contributed by atoms with Crippen LogP contribution in [0.25, 0.3) is 0 Å². The SMILES string of the molecule is CCOC(=N)c1cc2c(s1)SCC(=O)N2CC1CCCCC1. The molecule has 0 unspecified atom stereocenters. The Labute approximate surface area is 139 Å². The number of hydrogen-bond acceptors (Lipinski definition) is 5. The van der Waals surface area contributed by atoms with E-state index in [1.54, 1.807) is 23.1 Å². The quantitative estimate of drug-likeness (QED) is 0.663. The first-order valence-electron chi connectivity index (χ1n) is 7.97. The molecule has 1 aliphatic carbocycles. The van der Waals surface area contributed by atoms with Crippen molar-refractivity contribution in [2.45, 2.75) is 43.2 Å². The van der Waals surface area contributed by atoms with E-state index in [2.05, 4.69) is 0 Å². The molecular formula is C16H22N2O2S2. The molecule has 6 heteroatoms. The maximum Gasteiger partial charge on any atom is 0.237 e. The van der Waals surface area contributed by atoms with Crippen LogP contribution in [0.1, 0.15) is 43.9 Å². The number of nitrogens with one attached hydrogen (secondary N) is 1. The summed E-state index contributed by atoms with van der Waals surface area (Å²) in [6.45, 7) is 3.22. The largest absolute Gasteiger partial charge is 0.477 e. The lowest BCUT2D eigenvalue weighted by atomic mass is 9.89. The summed E-state index contributed by atoms with van der Waals surface area (Å²) in [6, 6.07) is 1.96. The standard InChI is InChI=1S/C16H22N2O2S2/c1-2-20-15(17)13-8-12-16(22-13)21-10-14(19)18(12)9-11-6-4-3-5-7-11/h8,11,17H,2-7,9-10H2,1H3. The first-order chi connectivity index (χ1) is 10.7. The van der Waals surface area contributed by atoms with Crippen LogP contribution in [0, 0.1) is 11.3 Å². The van der Waals surface area contributed by atoms with Crippen LogP contribution in [0.5, 0.6) is 0 Å². The third kappa shape index (κ3) is 3.33. The molecule has 1 fully saturated rings. The molecule has 120 valence electrons. The number of ether oxygens (including phenoxy) is 1. The molecule has 1 aromatic heterocycles. The van der Waals surface area contributed by atoms with Crippen LogP contribution < -0.4 is 4.90 Å². The number of anilines is 1. The summed E-state index contributed by atoms with van der Waals surface area (Å²) in [5.74, 6) is 1.56. The highest BCUT2D eigenvalue weighted by atomic mass is 32.2. The molecule has 22 heavy (non-hydrogen) atoms. The molecule has 1 aromatic rings. The summed E-state index contributed by atoms with van der Waals surface area (Å²) in [4.78, 5) is 15.1. The minimum absolute atomic E-state index is 0.204. The van der Waals surface area contributed by atoms with Crippen LogP contribution in [0.3, 0.4) is 0 Å². The van der Waals surface area contributed by atoms with Crippen LogP contribution in [0.4, 0.5) is 5.69 Å². The lowest BCUT2D eigenvalue weighted by Gasteiger charge is -2.32. The molecule has 0 spiro atoms. The molecule has 0 radical (unpaired) electrons. The molecule has 1 saturated carbocycles. The smallest absolute Gasteiger partial charge is 0.237 e. The van der Waals surface area contributed by atoms with Crippen molar-refractivity contribution in [1.29, 1.82) is 5.41 Å². The molecule has 3 rings (SSSR count). The van der Waals surface area contributed by atoms with Gasteiger partial charge in [-0.05, 0) is 31.7 Å². The molecule has 0 aromatic carbocycles. The number of carbonyl (C=O) groups excluding carboxylic acids is 1. The van der Waals surface area contributed by atoms with Crippen molar-refractivity contribution in [3.05, 3.63) is 10.9 Å². The van der Waals surface area contributed by atoms with Crippen molar-refractivity contribution in [1.82, 2.24) is 0 Å². The molecule has 2 aliphatic rings. The van der Waals surface area contributed by atoms with Gasteiger partial charge >= 0.3 is 0 Å². The Kier molecular flexibility index (Phi) is 5.08. The fourth-order valence-electron chi connectivity index (χ4n) is 3.15. The van der Waals surface area contributed by atoms with Crippen molar-refractivity contribution < 1.29 is 9.53 Å². The maximum absolute atomic E-state index is 12.4. The van der Waals surface area contributed by atoms with E-state index in [0.29, 0.717) is 18.3 Å². The number of thiophene rings is 1. The van der Waals surface area contributed by atoms with Gasteiger partial charge in [-0.2, -0.15) is 0 Å². The second-order valence-corrected chi connectivity index (χ2v) is 8.14. The van der Waals surface area contributed by atoms with Gasteiger partial charge in [0.1, 0.15) is 0 Å². The molecule has 0 atom stereocenters. The molecule has 1 amide bonds. The van der Waals surface area contributed by atoms with E-state index < -0.39 is 0 Å². The third-order valence-electron chi connectivity index (χ3n) is 4.28. The zero-order chi connectivity index (χ0) is 15.5. The Balaban J connectivity index is 1.79. The summed E-state index contributed by atoms with van der Waals surface area (Å²) in [5.41, 5.74) is 0.997. The number of amides is 1. The summed E-state index contributed by atoms with van der Waals surface area (Å²) in [5, 5.41) is 7.95. The first kappa shape index (κ1) is 15.9. The Morgan fingerprint density at radius 3 is 2.91 bits per heavy atom. The average Bonchev–Trinajstić information content (AvgIpc) is 2.96. The predicted molar refractivity (Wildman–Crippen MR) is 92.4 cm³/mol. The van der Waals surface area contributed by atoms with Gasteiger partial charge in [-0.25, -0.2) is 0 Å². The molecule has 0 saturated heterocycles. The number of fused-ring (bicyclic) bond motifs is 1. The van der Waals surface area contributed by atoms with E-state index >= 15 is 0 Å². The second-order valence-electron chi connectivity index (χ2n) is 5.84. The Bertz CT molecular complexity index is 564. The monoisotopic (exact) mass is 338 g/mol. The van der Waals surface area contributed by atoms with Crippen molar-refractivity contribution in [3.8, 4) is 0 Å². The van der Waals surface area contributed by atoms with Gasteiger partial charge in [0.2, 0.25) is 11.8 Å². The summed E-state index contributed by atoms with van der Waals surface area (Å²) < 4.78 is 6.45. The topological polar surface area (TPSA) is 53.4 Å². The van der Waals surface area contributed by atoms with Gasteiger partial charge in [0.15, 0.2) is 0 Å². The van der Waals surface area contributed by atoms with Gasteiger partial charge < -0.3 is 9.64 Å². The van der Waals surface area contributed by atoms with Crippen LogP contribution in [-0.4, -0.2) is 30.7 Å². The van der Waals surface area contributed by atoms with E-state index in [4.69, 9.17) is 10.1 Å². The number of rotatable bonds is 4. The predicted octanol–water partition coefficient (Wildman–Crippen LogP) is 4.13. The van der Waals surface area contributed by atoms with E-state index in [1.165, 1.54) is 32.1 Å². The van der Waals surface area contributed by atoms with Crippen molar-refractivity contribution in [2.24, 2.45) is 5.92 Å². The minimum Gasteiger partial charge on any atom is -0.477 e. The molecule has 0 bridgehead atoms. The summed E-state index contributed by atoms with van der Waals surface area (Å²) in [6.07, 6.45) is 6.38. The van der Waals surface area contributed by atoms with Gasteiger partial charge in [0.25, 0.3) is 0 Å². The van der Waals surface area contributed by atoms with Gasteiger partial charge in [-0.3, -0.25) is 10.2 Å². The van der Waals surface area contributed by atoms with Gasteiger partial charge in [0, 0.05) is 6.54 Å². The fourth-order valence-corrected chi connectivity index (χ4v) is 5.36. The first-order valence-corrected chi connectivity index (χ1v) is 9.78. The number of thioether (sulfide) groups is 1. The second kappa shape index (κ2) is 7.04. The van der Waals surface area contributed by atoms with Crippen molar-refractivity contribution in [2.75, 3.05) is 23.8 Å². The highest BCUT2D eigenvalue weighted by Gasteiger charge is 2.30. The van der Waals surface area contributed by atoms with Crippen LogP contribution in [0.2, 0.25) is 0 Å². The zero-order valence-corrected chi connectivity index (χ0v) is 14.5. The molecule has 1 aliphatic heterocycles.